The fraction of sp³-hybridized carbons (Fsp3) is 0.667. The zero-order chi connectivity index (χ0) is 4.41. The first-order valence-electron chi connectivity index (χ1n) is 1.74. The molecular weight excluding hydrogens is 145 g/mol. The zero-order valence-corrected chi connectivity index (χ0v) is 4.94. The van der Waals surface area contributed by atoms with Gasteiger partial charge < -0.3 is 0 Å². The molecule has 0 saturated carbocycles. The Labute approximate surface area is 42.5 Å². The summed E-state index contributed by atoms with van der Waals surface area (Å²) in [6.07, 6.45) is 0. The number of hydrogen-bond donors (Lipinski definition) is 1. The summed E-state index contributed by atoms with van der Waals surface area (Å²) in [4.78, 5) is 10.1. The molecule has 2 nitrogen and oxygen atoms in total. The predicted octanol–water partition coefficient (Wildman–Crippen LogP) is -0.804. The first-order chi connectivity index (χ1) is 2.89. The Balaban J connectivity index is 2.37. The minimum absolute atomic E-state index is 0.231. The molecule has 1 aliphatic rings. The van der Waals surface area contributed by atoms with Gasteiger partial charge in [0.05, 0.1) is 0 Å². The Hall–Kier alpha value is -0.0105. The molecule has 0 aromatic carbocycles. The average Bonchev–Trinajstić information content (AvgIpc) is 1.86. The molecule has 1 heterocycles. The molecule has 6 heavy (non-hydrogen) atoms. The van der Waals surface area contributed by atoms with Crippen LogP contribution in [0.4, 0.5) is 0 Å². The van der Waals surface area contributed by atoms with E-state index in [0.717, 1.165) is 10.8 Å². The molecule has 1 N–H and O–H groups in total. The van der Waals surface area contributed by atoms with Crippen LogP contribution in [0, 0.1) is 0 Å². The van der Waals surface area contributed by atoms with Crippen molar-refractivity contribution in [3.05, 3.63) is 0 Å². The van der Waals surface area contributed by atoms with E-state index in [0.29, 0.717) is 15.0 Å². The van der Waals surface area contributed by atoms with Crippen molar-refractivity contribution in [2.45, 2.75) is 5.32 Å². The maximum atomic E-state index is 10.1. The van der Waals surface area contributed by atoms with Crippen LogP contribution in [0.5, 0.6) is 0 Å². The summed E-state index contributed by atoms with van der Waals surface area (Å²) in [6.45, 7) is 0. The van der Waals surface area contributed by atoms with E-state index in [2.05, 4.69) is 5.32 Å². The summed E-state index contributed by atoms with van der Waals surface area (Å²) < 4.78 is 0. The van der Waals surface area contributed by atoms with E-state index in [-0.39, 0.29) is 5.91 Å². The van der Waals surface area contributed by atoms with Crippen LogP contribution in [0.2, 0.25) is 5.32 Å². The zero-order valence-electron chi connectivity index (χ0n) is 3.23. The van der Waals surface area contributed by atoms with Crippen molar-refractivity contribution in [3.8, 4) is 0 Å². The molecule has 3 heteroatoms. The Morgan fingerprint density at radius 2 is 2.67 bits per heavy atom. The number of rotatable bonds is 0. The van der Waals surface area contributed by atoms with Crippen molar-refractivity contribution in [1.29, 1.82) is 0 Å². The van der Waals surface area contributed by atoms with Crippen LogP contribution in [-0.2, 0) is 4.79 Å². The Bertz CT molecular complexity index is 65.2. The fourth-order valence-corrected chi connectivity index (χ4v) is 1.70. The molecule has 0 unspecified atom stereocenters. The van der Waals surface area contributed by atoms with Gasteiger partial charge >= 0.3 is 41.7 Å². The summed E-state index contributed by atoms with van der Waals surface area (Å²) >= 11 is 0.580. The summed E-state index contributed by atoms with van der Waals surface area (Å²) in [5.74, 6) is 0.231. The van der Waals surface area contributed by atoms with E-state index < -0.39 is 0 Å². The molecule has 1 rings (SSSR count). The van der Waals surface area contributed by atoms with E-state index in [1.165, 1.54) is 0 Å². The minimum atomic E-state index is 0.231. The third kappa shape index (κ3) is 0.730. The quantitative estimate of drug-likeness (QED) is 0.450. The molecule has 0 atom stereocenters. The van der Waals surface area contributed by atoms with Crippen molar-refractivity contribution >= 4 is 20.9 Å². The molecule has 0 spiro atoms. The van der Waals surface area contributed by atoms with E-state index in [1.807, 2.05) is 0 Å². The van der Waals surface area contributed by atoms with Crippen molar-refractivity contribution in [2.75, 3.05) is 5.44 Å². The van der Waals surface area contributed by atoms with Gasteiger partial charge in [-0.25, -0.2) is 0 Å². The van der Waals surface area contributed by atoms with Gasteiger partial charge in [0.25, 0.3) is 0 Å². The topological polar surface area (TPSA) is 29.1 Å². The molecule has 34 valence electrons. The van der Waals surface area contributed by atoms with Crippen molar-refractivity contribution < 1.29 is 4.79 Å². The number of amides is 1. The van der Waals surface area contributed by atoms with E-state index >= 15 is 0 Å². The van der Waals surface area contributed by atoms with Gasteiger partial charge in [-0.1, -0.05) is 0 Å². The second-order valence-corrected chi connectivity index (χ2v) is 3.16. The van der Waals surface area contributed by atoms with Gasteiger partial charge in [-0.2, -0.15) is 0 Å². The monoisotopic (exact) mass is 151 g/mol. The van der Waals surface area contributed by atoms with Crippen LogP contribution in [0.25, 0.3) is 0 Å². The van der Waals surface area contributed by atoms with Crippen LogP contribution in [0.3, 0.4) is 0 Å². The van der Waals surface area contributed by atoms with Crippen LogP contribution in [0.1, 0.15) is 0 Å². The van der Waals surface area contributed by atoms with Gasteiger partial charge in [0.2, 0.25) is 0 Å². The van der Waals surface area contributed by atoms with Gasteiger partial charge in [-0.05, 0) is 0 Å². The van der Waals surface area contributed by atoms with Crippen molar-refractivity contribution in [3.63, 3.8) is 0 Å². The van der Waals surface area contributed by atoms with E-state index in [4.69, 9.17) is 0 Å². The maximum absolute atomic E-state index is 10.1. The fourth-order valence-electron chi connectivity index (χ4n) is 0.326. The van der Waals surface area contributed by atoms with Crippen LogP contribution >= 0.6 is 0 Å². The standard InChI is InChI=1S/C3H5NOSe/c5-3-1-6-2-4-3/h1-2H2,(H,4,5). The summed E-state index contributed by atoms with van der Waals surface area (Å²) in [6, 6.07) is 0. The molecule has 1 aliphatic heterocycles. The molecule has 0 aromatic rings. The molecule has 1 amide bonds. The molecule has 0 bridgehead atoms. The molecule has 0 aromatic heterocycles. The molecule has 0 radical (unpaired) electrons. The third-order valence-electron chi connectivity index (χ3n) is 0.605. The second-order valence-electron chi connectivity index (χ2n) is 1.09. The van der Waals surface area contributed by atoms with Gasteiger partial charge in [-0.15, -0.1) is 0 Å². The summed E-state index contributed by atoms with van der Waals surface area (Å²) in [7, 11) is 0. The first kappa shape index (κ1) is 4.16. The number of carbonyl (C=O) groups is 1. The van der Waals surface area contributed by atoms with Crippen LogP contribution < -0.4 is 5.32 Å². The first-order valence-corrected chi connectivity index (χ1v) is 4.16. The van der Waals surface area contributed by atoms with Gasteiger partial charge in [0, 0.05) is 0 Å². The Morgan fingerprint density at radius 1 is 1.83 bits per heavy atom. The molecular formula is C3H5NOSe. The average molecular weight is 150 g/mol. The van der Waals surface area contributed by atoms with Gasteiger partial charge in [-0.3, -0.25) is 0 Å². The number of hydrogen-bond acceptors (Lipinski definition) is 1. The third-order valence-corrected chi connectivity index (χ3v) is 2.31. The Kier molecular flexibility index (Phi) is 1.13. The van der Waals surface area contributed by atoms with E-state index in [1.54, 1.807) is 0 Å². The molecule has 0 aliphatic carbocycles. The van der Waals surface area contributed by atoms with Crippen LogP contribution in [0.15, 0.2) is 0 Å². The molecule has 1 fully saturated rings. The Morgan fingerprint density at radius 3 is 2.83 bits per heavy atom. The van der Waals surface area contributed by atoms with Crippen molar-refractivity contribution in [1.82, 2.24) is 5.32 Å². The van der Waals surface area contributed by atoms with Crippen molar-refractivity contribution in [2.24, 2.45) is 0 Å². The van der Waals surface area contributed by atoms with Gasteiger partial charge in [0.15, 0.2) is 0 Å². The SMILES string of the molecule is O=C1C[Se]CN1. The van der Waals surface area contributed by atoms with E-state index in [9.17, 15) is 4.79 Å². The number of carbonyl (C=O) groups excluding carboxylic acids is 1. The summed E-state index contributed by atoms with van der Waals surface area (Å²) in [5, 5.41) is 3.51. The predicted molar refractivity (Wildman–Crippen MR) is 23.6 cm³/mol. The molecule has 1 saturated heterocycles. The van der Waals surface area contributed by atoms with Crippen LogP contribution in [-0.4, -0.2) is 26.3 Å². The second kappa shape index (κ2) is 1.63. The van der Waals surface area contributed by atoms with Gasteiger partial charge in [0.1, 0.15) is 0 Å². The summed E-state index contributed by atoms with van der Waals surface area (Å²) in [5.41, 5.74) is 0.950. The normalized spacial score (nSPS) is 21.0. The number of nitrogens with one attached hydrogen (secondary N) is 1.